The fourth-order valence-corrected chi connectivity index (χ4v) is 3.35. The molecule has 19 heavy (non-hydrogen) atoms. The molecule has 0 aromatic heterocycles. The van der Waals surface area contributed by atoms with Gasteiger partial charge < -0.3 is 9.05 Å². The molecule has 0 radical (unpaired) electrons. The zero-order valence-electron chi connectivity index (χ0n) is 12.0. The monoisotopic (exact) mass is 279 g/mol. The van der Waals surface area contributed by atoms with E-state index in [0.29, 0.717) is 0 Å². The third-order valence-electron chi connectivity index (χ3n) is 3.32. The minimum absolute atomic E-state index is 0.114. The summed E-state index contributed by atoms with van der Waals surface area (Å²) in [5, 5.41) is 0. The number of benzene rings is 1. The summed E-state index contributed by atoms with van der Waals surface area (Å²) in [5.41, 5.74) is 2.51. The summed E-state index contributed by atoms with van der Waals surface area (Å²) in [6.45, 7) is 4.19. The smallest absolute Gasteiger partial charge is 0.259 e. The van der Waals surface area contributed by atoms with Gasteiger partial charge in [-0.1, -0.05) is 36.4 Å². The molecule has 0 amide bonds. The molecule has 1 aliphatic rings. The van der Waals surface area contributed by atoms with Gasteiger partial charge in [0.1, 0.15) is 0 Å². The molecule has 1 aromatic carbocycles. The van der Waals surface area contributed by atoms with Gasteiger partial charge in [-0.2, -0.15) is 0 Å². The van der Waals surface area contributed by atoms with E-state index in [-0.39, 0.29) is 12.2 Å². The van der Waals surface area contributed by atoms with Crippen LogP contribution in [0.3, 0.4) is 0 Å². The quantitative estimate of drug-likeness (QED) is 0.608. The first kappa shape index (κ1) is 14.7. The number of hydrogen-bond acceptors (Lipinski definition) is 3. The lowest BCUT2D eigenvalue weighted by Crippen LogP contribution is -2.26. The zero-order valence-corrected chi connectivity index (χ0v) is 12.9. The Hall–Kier alpha value is -0.730. The molecule has 1 heterocycles. The fraction of sp³-hybridized carbons (Fsp3) is 0.467. The van der Waals surface area contributed by atoms with Gasteiger partial charge in [-0.15, -0.1) is 0 Å². The van der Waals surface area contributed by atoms with Crippen molar-refractivity contribution < 1.29 is 9.05 Å². The number of rotatable bonds is 3. The second-order valence-corrected chi connectivity index (χ2v) is 6.65. The lowest BCUT2D eigenvalue weighted by molar-refractivity contribution is 0.0551. The molecule has 2 rings (SSSR count). The maximum atomic E-state index is 6.10. The van der Waals surface area contributed by atoms with Crippen molar-refractivity contribution in [3.05, 3.63) is 47.5 Å². The van der Waals surface area contributed by atoms with Crippen molar-refractivity contribution in [3.63, 3.8) is 0 Å². The molecule has 104 valence electrons. The van der Waals surface area contributed by atoms with Crippen molar-refractivity contribution >= 4 is 8.53 Å². The van der Waals surface area contributed by atoms with Gasteiger partial charge in [-0.25, -0.2) is 4.67 Å². The first-order valence-electron chi connectivity index (χ1n) is 6.60. The molecule has 3 atom stereocenters. The van der Waals surface area contributed by atoms with E-state index in [1.54, 1.807) is 0 Å². The Kier molecular flexibility index (Phi) is 5.12. The molecule has 0 aliphatic carbocycles. The fourth-order valence-electron chi connectivity index (χ4n) is 2.03. The molecule has 0 bridgehead atoms. The molecular formula is C15H22NO2P. The van der Waals surface area contributed by atoms with Crippen molar-refractivity contribution in [1.82, 2.24) is 4.67 Å². The summed E-state index contributed by atoms with van der Waals surface area (Å²) in [6.07, 6.45) is 3.27. The number of nitrogens with zero attached hydrogens (tertiary/aromatic N) is 1. The summed E-state index contributed by atoms with van der Waals surface area (Å²) < 4.78 is 14.2. The molecule has 4 heteroatoms. The predicted molar refractivity (Wildman–Crippen MR) is 79.8 cm³/mol. The van der Waals surface area contributed by atoms with E-state index in [9.17, 15) is 0 Å². The van der Waals surface area contributed by atoms with E-state index < -0.39 is 8.53 Å². The Labute approximate surface area is 117 Å². The van der Waals surface area contributed by atoms with Crippen LogP contribution in [0.4, 0.5) is 0 Å². The van der Waals surface area contributed by atoms with E-state index in [4.69, 9.17) is 9.05 Å². The molecule has 1 saturated heterocycles. The highest BCUT2D eigenvalue weighted by Gasteiger charge is 2.33. The van der Waals surface area contributed by atoms with Crippen molar-refractivity contribution in [2.24, 2.45) is 0 Å². The SMILES string of the molecule is C/C=C(\C)[C@@H]1C[C@@H](c2ccccc2)OP(N(C)C)O1. The summed E-state index contributed by atoms with van der Waals surface area (Å²) >= 11 is 0. The van der Waals surface area contributed by atoms with Crippen LogP contribution in [0.15, 0.2) is 42.0 Å². The Balaban J connectivity index is 2.20. The first-order chi connectivity index (χ1) is 9.11. The van der Waals surface area contributed by atoms with E-state index in [2.05, 4.69) is 44.2 Å². The van der Waals surface area contributed by atoms with Gasteiger partial charge in [0.25, 0.3) is 8.53 Å². The largest absolute Gasteiger partial charge is 0.314 e. The van der Waals surface area contributed by atoms with E-state index in [0.717, 1.165) is 6.42 Å². The van der Waals surface area contributed by atoms with Crippen molar-refractivity contribution in [1.29, 1.82) is 0 Å². The molecule has 1 fully saturated rings. The van der Waals surface area contributed by atoms with Gasteiger partial charge in [0.15, 0.2) is 0 Å². The van der Waals surface area contributed by atoms with Crippen LogP contribution in [-0.4, -0.2) is 24.9 Å². The van der Waals surface area contributed by atoms with Crippen LogP contribution in [-0.2, 0) is 9.05 Å². The molecule has 1 aliphatic heterocycles. The van der Waals surface area contributed by atoms with Crippen LogP contribution in [0.5, 0.6) is 0 Å². The third kappa shape index (κ3) is 3.64. The molecule has 1 unspecified atom stereocenters. The lowest BCUT2D eigenvalue weighted by atomic mass is 9.99. The number of allylic oxidation sites excluding steroid dienone is 1. The van der Waals surface area contributed by atoms with Crippen LogP contribution in [0.2, 0.25) is 0 Å². The van der Waals surface area contributed by atoms with Crippen LogP contribution >= 0.6 is 8.53 Å². The summed E-state index contributed by atoms with van der Waals surface area (Å²) in [4.78, 5) is 0. The first-order valence-corrected chi connectivity index (χ1v) is 7.73. The Morgan fingerprint density at radius 3 is 2.53 bits per heavy atom. The molecular weight excluding hydrogens is 257 g/mol. The number of hydrogen-bond donors (Lipinski definition) is 0. The topological polar surface area (TPSA) is 21.7 Å². The second kappa shape index (κ2) is 6.62. The Morgan fingerprint density at radius 1 is 1.26 bits per heavy atom. The van der Waals surface area contributed by atoms with Gasteiger partial charge in [0, 0.05) is 6.42 Å². The van der Waals surface area contributed by atoms with E-state index in [1.165, 1.54) is 11.1 Å². The predicted octanol–water partition coefficient (Wildman–Crippen LogP) is 4.29. The maximum Gasteiger partial charge on any atom is 0.259 e. The van der Waals surface area contributed by atoms with Gasteiger partial charge in [0.05, 0.1) is 12.2 Å². The van der Waals surface area contributed by atoms with Gasteiger partial charge >= 0.3 is 0 Å². The molecule has 1 aromatic rings. The third-order valence-corrected chi connectivity index (χ3v) is 4.85. The van der Waals surface area contributed by atoms with E-state index >= 15 is 0 Å². The lowest BCUT2D eigenvalue weighted by Gasteiger charge is -2.37. The van der Waals surface area contributed by atoms with Crippen molar-refractivity contribution in [3.8, 4) is 0 Å². The molecule has 0 N–H and O–H groups in total. The van der Waals surface area contributed by atoms with Crippen LogP contribution in [0, 0.1) is 0 Å². The second-order valence-electron chi connectivity index (χ2n) is 4.95. The average molecular weight is 279 g/mol. The summed E-state index contributed by atoms with van der Waals surface area (Å²) in [6, 6.07) is 10.4. The maximum absolute atomic E-state index is 6.10. The molecule has 0 saturated carbocycles. The van der Waals surface area contributed by atoms with Gasteiger partial charge in [-0.3, -0.25) is 0 Å². The highest BCUT2D eigenvalue weighted by atomic mass is 31.2. The normalized spacial score (nSPS) is 28.7. The summed E-state index contributed by atoms with van der Waals surface area (Å²) in [7, 11) is 3.02. The highest BCUT2D eigenvalue weighted by Crippen LogP contribution is 2.53. The van der Waals surface area contributed by atoms with Crippen molar-refractivity contribution in [2.45, 2.75) is 32.5 Å². The summed E-state index contributed by atoms with van der Waals surface area (Å²) in [5.74, 6) is 0. The zero-order chi connectivity index (χ0) is 13.8. The van der Waals surface area contributed by atoms with Gasteiger partial charge in [0.2, 0.25) is 0 Å². The van der Waals surface area contributed by atoms with Crippen molar-refractivity contribution in [2.75, 3.05) is 14.1 Å². The van der Waals surface area contributed by atoms with E-state index in [1.807, 2.05) is 24.8 Å². The Morgan fingerprint density at radius 2 is 1.95 bits per heavy atom. The average Bonchev–Trinajstić information content (AvgIpc) is 2.46. The standard InChI is InChI=1S/C15H22NO2P/c1-5-12(2)14-11-15(13-9-7-6-8-10-13)18-19(17-14)16(3)4/h5-10,14-15H,11H2,1-4H3/b12-5+/t14-,15-,19?/m0/s1. The van der Waals surface area contributed by atoms with Crippen LogP contribution in [0.1, 0.15) is 31.9 Å². The van der Waals surface area contributed by atoms with Gasteiger partial charge in [-0.05, 0) is 39.1 Å². The highest BCUT2D eigenvalue weighted by molar-refractivity contribution is 7.44. The van der Waals surface area contributed by atoms with Crippen LogP contribution < -0.4 is 0 Å². The molecule has 0 spiro atoms. The Bertz CT molecular complexity index is 433. The molecule has 3 nitrogen and oxygen atoms in total. The minimum Gasteiger partial charge on any atom is -0.314 e. The minimum atomic E-state index is -0.979. The van der Waals surface area contributed by atoms with Crippen LogP contribution in [0.25, 0.3) is 0 Å².